The lowest BCUT2D eigenvalue weighted by Gasteiger charge is -2.39. The predicted octanol–water partition coefficient (Wildman–Crippen LogP) is 4.03. The summed E-state index contributed by atoms with van der Waals surface area (Å²) in [6.45, 7) is -0.495. The topological polar surface area (TPSA) is 76.7 Å². The minimum atomic E-state index is -2.56. The Balaban J connectivity index is 1.19. The van der Waals surface area contributed by atoms with Gasteiger partial charge in [0, 0.05) is 23.2 Å². The second-order valence-electron chi connectivity index (χ2n) is 8.40. The van der Waals surface area contributed by atoms with Crippen LogP contribution in [-0.2, 0) is 9.59 Å². The average Bonchev–Trinajstić information content (AvgIpc) is 3.26. The van der Waals surface area contributed by atoms with Gasteiger partial charge in [0.05, 0.1) is 5.02 Å². The Hall–Kier alpha value is -2.94. The van der Waals surface area contributed by atoms with E-state index in [1.54, 1.807) is 0 Å². The van der Waals surface area contributed by atoms with E-state index < -0.39 is 12.2 Å². The van der Waals surface area contributed by atoms with Crippen LogP contribution in [0, 0.1) is 11.7 Å². The number of rotatable bonds is 9. The second-order valence-corrected chi connectivity index (χ2v) is 8.81. The third-order valence-electron chi connectivity index (χ3n) is 6.00. The number of ether oxygens (including phenoxy) is 2. The molecule has 2 amide bonds. The van der Waals surface area contributed by atoms with E-state index in [0.717, 1.165) is 18.9 Å². The van der Waals surface area contributed by atoms with Crippen molar-refractivity contribution >= 4 is 23.4 Å². The maximum atomic E-state index is 13.4. The highest BCUT2D eigenvalue weighted by atomic mass is 35.5. The molecule has 3 aliphatic carbocycles. The lowest BCUT2D eigenvalue weighted by Crippen LogP contribution is -2.53. The van der Waals surface area contributed by atoms with E-state index in [1.807, 2.05) is 0 Å². The van der Waals surface area contributed by atoms with Crippen molar-refractivity contribution in [2.45, 2.75) is 37.3 Å². The Morgan fingerprint density at radius 2 is 1.64 bits per heavy atom. The van der Waals surface area contributed by atoms with E-state index in [-0.39, 0.29) is 58.9 Å². The molecule has 3 saturated carbocycles. The number of hydrogen-bond donors (Lipinski definition) is 2. The van der Waals surface area contributed by atoms with Gasteiger partial charge in [0.1, 0.15) is 17.3 Å². The smallest absolute Gasteiger partial charge is 0.263 e. The highest BCUT2D eigenvalue weighted by molar-refractivity contribution is 6.30. The number of carbonyl (C=O) groups is 2. The molecule has 2 N–H and O–H groups in total. The molecule has 1 atom stereocenters. The number of benzene rings is 2. The first kappa shape index (κ1) is 23.2. The van der Waals surface area contributed by atoms with Crippen molar-refractivity contribution in [2.24, 2.45) is 5.92 Å². The number of halogens is 4. The van der Waals surface area contributed by atoms with Crippen LogP contribution >= 0.6 is 11.6 Å². The van der Waals surface area contributed by atoms with Gasteiger partial charge in [-0.05, 0) is 61.6 Å². The zero-order chi connectivity index (χ0) is 23.6. The van der Waals surface area contributed by atoms with Crippen LogP contribution in [0.4, 0.5) is 13.2 Å². The van der Waals surface area contributed by atoms with E-state index in [0.29, 0.717) is 12.2 Å². The third kappa shape index (κ3) is 5.52. The number of hydrogen-bond acceptors (Lipinski definition) is 4. The highest BCUT2D eigenvalue weighted by Gasteiger charge is 2.57. The fourth-order valence-electron chi connectivity index (χ4n) is 4.46. The molecule has 3 aliphatic rings. The van der Waals surface area contributed by atoms with Crippen LogP contribution in [0.15, 0.2) is 42.5 Å². The molecular formula is C23H22ClF3N2O4. The highest BCUT2D eigenvalue weighted by Crippen LogP contribution is 2.52. The van der Waals surface area contributed by atoms with Crippen molar-refractivity contribution in [3.63, 3.8) is 0 Å². The Morgan fingerprint density at radius 1 is 1.00 bits per heavy atom. The van der Waals surface area contributed by atoms with Crippen LogP contribution in [0.5, 0.6) is 11.5 Å². The fourth-order valence-corrected chi connectivity index (χ4v) is 4.58. The molecule has 0 aliphatic heterocycles. The van der Waals surface area contributed by atoms with E-state index >= 15 is 0 Å². The first-order chi connectivity index (χ1) is 15.7. The summed E-state index contributed by atoms with van der Waals surface area (Å²) in [4.78, 5) is 24.5. The molecule has 0 heterocycles. The largest absolute Gasteiger partial charge is 0.484 e. The lowest BCUT2D eigenvalue weighted by atomic mass is 9.76. The number of alkyl halides is 2. The van der Waals surface area contributed by atoms with Gasteiger partial charge in [-0.15, -0.1) is 0 Å². The number of fused-ring (bicyclic) bond motifs is 1. The van der Waals surface area contributed by atoms with Crippen molar-refractivity contribution in [2.75, 3.05) is 13.2 Å². The SMILES string of the molecule is O=C(COc1ccc(Cl)c(F)c1)NC1CC2(NC(=O)COc3ccc(C(F)F)cc3)CC1C2. The molecule has 3 fully saturated rings. The normalized spacial score (nSPS) is 23.1. The molecular weight excluding hydrogens is 461 g/mol. The molecule has 0 saturated heterocycles. The van der Waals surface area contributed by atoms with E-state index in [2.05, 4.69) is 10.6 Å². The molecule has 0 aromatic heterocycles. The summed E-state index contributed by atoms with van der Waals surface area (Å²) in [5.41, 5.74) is -0.501. The molecule has 5 rings (SSSR count). The van der Waals surface area contributed by atoms with Crippen LogP contribution in [0.3, 0.4) is 0 Å². The minimum absolute atomic E-state index is 0.0278. The molecule has 10 heteroatoms. The molecule has 6 nitrogen and oxygen atoms in total. The summed E-state index contributed by atoms with van der Waals surface area (Å²) < 4.78 is 49.3. The molecule has 2 aromatic rings. The van der Waals surface area contributed by atoms with Crippen molar-refractivity contribution in [3.8, 4) is 11.5 Å². The standard InChI is InChI=1S/C23H22ClF3N2O4/c24-17-6-5-16(7-18(17)25)33-11-20(30)28-19-10-23(8-14(19)9-23)29-21(31)12-32-15-3-1-13(2-4-15)22(26)27/h1-7,14,19,22H,8-12H2,(H,28,30)(H,29,31). The van der Waals surface area contributed by atoms with Gasteiger partial charge in [-0.2, -0.15) is 0 Å². The van der Waals surface area contributed by atoms with Crippen LogP contribution < -0.4 is 20.1 Å². The van der Waals surface area contributed by atoms with Gasteiger partial charge < -0.3 is 20.1 Å². The zero-order valence-corrected chi connectivity index (χ0v) is 18.2. The Labute approximate surface area is 193 Å². The summed E-state index contributed by atoms with van der Waals surface area (Å²) in [7, 11) is 0. The summed E-state index contributed by atoms with van der Waals surface area (Å²) in [6.07, 6.45) is -0.476. The predicted molar refractivity (Wildman–Crippen MR) is 114 cm³/mol. The van der Waals surface area contributed by atoms with Crippen LogP contribution in [0.25, 0.3) is 0 Å². The first-order valence-corrected chi connectivity index (χ1v) is 10.8. The number of carbonyl (C=O) groups excluding carboxylic acids is 2. The van der Waals surface area contributed by atoms with Crippen LogP contribution in [0.1, 0.15) is 31.3 Å². The minimum Gasteiger partial charge on any atom is -0.484 e. The quantitative estimate of drug-likeness (QED) is 0.566. The van der Waals surface area contributed by atoms with Gasteiger partial charge in [-0.3, -0.25) is 9.59 Å². The lowest BCUT2D eigenvalue weighted by molar-refractivity contribution is -0.126. The van der Waals surface area contributed by atoms with Gasteiger partial charge in [-0.25, -0.2) is 13.2 Å². The van der Waals surface area contributed by atoms with E-state index in [9.17, 15) is 22.8 Å². The molecule has 0 radical (unpaired) electrons. The molecule has 2 bridgehead atoms. The Kier molecular flexibility index (Phi) is 6.69. The number of amides is 2. The van der Waals surface area contributed by atoms with Gasteiger partial charge in [-0.1, -0.05) is 11.6 Å². The summed E-state index contributed by atoms with van der Waals surface area (Å²) >= 11 is 5.62. The van der Waals surface area contributed by atoms with Crippen LogP contribution in [0.2, 0.25) is 5.02 Å². The van der Waals surface area contributed by atoms with E-state index in [4.69, 9.17) is 21.1 Å². The van der Waals surface area contributed by atoms with Crippen molar-refractivity contribution in [1.29, 1.82) is 0 Å². The van der Waals surface area contributed by atoms with Gasteiger partial charge in [0.25, 0.3) is 18.2 Å². The molecule has 33 heavy (non-hydrogen) atoms. The summed E-state index contributed by atoms with van der Waals surface area (Å²) in [6, 6.07) is 9.15. The molecule has 1 unspecified atom stereocenters. The first-order valence-electron chi connectivity index (χ1n) is 10.4. The fraction of sp³-hybridized carbons (Fsp3) is 0.391. The van der Waals surface area contributed by atoms with Gasteiger partial charge in [0.15, 0.2) is 13.2 Å². The van der Waals surface area contributed by atoms with Crippen LogP contribution in [-0.4, -0.2) is 36.6 Å². The summed E-state index contributed by atoms with van der Waals surface area (Å²) in [5, 5.41) is 5.85. The Morgan fingerprint density at radius 3 is 2.30 bits per heavy atom. The maximum Gasteiger partial charge on any atom is 0.263 e. The third-order valence-corrected chi connectivity index (χ3v) is 6.31. The van der Waals surface area contributed by atoms with Crippen molar-refractivity contribution < 1.29 is 32.2 Å². The average molecular weight is 483 g/mol. The molecule has 2 aromatic carbocycles. The summed E-state index contributed by atoms with van der Waals surface area (Å²) in [5.74, 6) is -0.486. The second kappa shape index (κ2) is 9.51. The Bertz CT molecular complexity index is 1030. The zero-order valence-electron chi connectivity index (χ0n) is 17.5. The molecule has 0 spiro atoms. The molecule has 176 valence electrons. The van der Waals surface area contributed by atoms with Gasteiger partial charge >= 0.3 is 0 Å². The number of nitrogens with one attached hydrogen (secondary N) is 2. The van der Waals surface area contributed by atoms with Crippen molar-refractivity contribution in [1.82, 2.24) is 10.6 Å². The van der Waals surface area contributed by atoms with Crippen molar-refractivity contribution in [3.05, 3.63) is 58.9 Å². The van der Waals surface area contributed by atoms with E-state index in [1.165, 1.54) is 36.4 Å². The maximum absolute atomic E-state index is 13.4. The van der Waals surface area contributed by atoms with Gasteiger partial charge in [0.2, 0.25) is 0 Å². The monoisotopic (exact) mass is 482 g/mol.